The van der Waals surface area contributed by atoms with E-state index >= 15 is 0 Å². The smallest absolute Gasteiger partial charge is 0.134 e. The highest BCUT2D eigenvalue weighted by atomic mass is 16.5. The van der Waals surface area contributed by atoms with Gasteiger partial charge in [-0.05, 0) is 24.3 Å². The van der Waals surface area contributed by atoms with Gasteiger partial charge in [0.1, 0.15) is 17.7 Å². The third-order valence-electron chi connectivity index (χ3n) is 4.12. The average Bonchev–Trinajstić information content (AvgIpc) is 3.08. The van der Waals surface area contributed by atoms with Gasteiger partial charge in [-0.25, -0.2) is 9.67 Å². The number of ether oxygens (including phenoxy) is 1. The number of para-hydroxylation sites is 1. The monoisotopic (exact) mass is 337 g/mol. The van der Waals surface area contributed by atoms with Gasteiger partial charge in [0.05, 0.1) is 36.9 Å². The molecule has 0 spiro atoms. The summed E-state index contributed by atoms with van der Waals surface area (Å²) in [5, 5.41) is 17.0. The standard InChI is InChI=1S/C18H19N5O2/c24-9-8-14-11-23(21-20-14)15-6-7-18(19-10-15)22-12-17(13-22)25-16-4-2-1-3-5-16/h1-7,10-11,17,24H,8-9,12-13H2. The molecule has 0 unspecified atom stereocenters. The normalized spacial score (nSPS) is 14.4. The molecule has 1 fully saturated rings. The van der Waals surface area contributed by atoms with Gasteiger partial charge in [0.15, 0.2) is 0 Å². The molecular weight excluding hydrogens is 318 g/mol. The van der Waals surface area contributed by atoms with E-state index in [9.17, 15) is 0 Å². The number of aliphatic hydroxyl groups excluding tert-OH is 1. The van der Waals surface area contributed by atoms with E-state index in [2.05, 4.69) is 20.2 Å². The molecule has 0 bridgehead atoms. The fourth-order valence-corrected chi connectivity index (χ4v) is 2.75. The third kappa shape index (κ3) is 3.46. The minimum Gasteiger partial charge on any atom is -0.487 e. The largest absolute Gasteiger partial charge is 0.487 e. The lowest BCUT2D eigenvalue weighted by molar-refractivity contribution is 0.167. The summed E-state index contributed by atoms with van der Waals surface area (Å²) in [7, 11) is 0. The van der Waals surface area contributed by atoms with Gasteiger partial charge in [-0.1, -0.05) is 23.4 Å². The SMILES string of the molecule is OCCc1cn(-c2ccc(N3CC(Oc4ccccc4)C3)nc2)nn1. The van der Waals surface area contributed by atoms with E-state index in [1.54, 1.807) is 17.1 Å². The summed E-state index contributed by atoms with van der Waals surface area (Å²) < 4.78 is 7.57. The molecule has 0 radical (unpaired) electrons. The van der Waals surface area contributed by atoms with Crippen molar-refractivity contribution < 1.29 is 9.84 Å². The van der Waals surface area contributed by atoms with E-state index in [-0.39, 0.29) is 12.7 Å². The summed E-state index contributed by atoms with van der Waals surface area (Å²) in [6, 6.07) is 13.8. The Morgan fingerprint density at radius 3 is 2.68 bits per heavy atom. The van der Waals surface area contributed by atoms with Gasteiger partial charge in [-0.2, -0.15) is 0 Å². The van der Waals surface area contributed by atoms with Crippen molar-refractivity contribution in [3.63, 3.8) is 0 Å². The van der Waals surface area contributed by atoms with Crippen LogP contribution in [0.4, 0.5) is 5.82 Å². The van der Waals surface area contributed by atoms with Crippen LogP contribution in [-0.2, 0) is 6.42 Å². The first-order valence-corrected chi connectivity index (χ1v) is 8.27. The highest BCUT2D eigenvalue weighted by molar-refractivity contribution is 5.45. The summed E-state index contributed by atoms with van der Waals surface area (Å²) in [5.74, 6) is 1.83. The van der Waals surface area contributed by atoms with Crippen molar-refractivity contribution in [1.82, 2.24) is 20.0 Å². The van der Waals surface area contributed by atoms with Gasteiger partial charge in [0.25, 0.3) is 0 Å². The van der Waals surface area contributed by atoms with Crippen LogP contribution >= 0.6 is 0 Å². The molecule has 0 amide bonds. The first kappa shape index (κ1) is 15.6. The van der Waals surface area contributed by atoms with Crippen molar-refractivity contribution in [2.24, 2.45) is 0 Å². The molecule has 3 aromatic rings. The number of aliphatic hydroxyl groups is 1. The Hall–Kier alpha value is -2.93. The Morgan fingerprint density at radius 1 is 1.12 bits per heavy atom. The van der Waals surface area contributed by atoms with Crippen molar-refractivity contribution >= 4 is 5.82 Å². The number of anilines is 1. The lowest BCUT2D eigenvalue weighted by Crippen LogP contribution is -2.54. The van der Waals surface area contributed by atoms with Crippen molar-refractivity contribution in [3.05, 3.63) is 60.6 Å². The molecule has 1 aliphatic heterocycles. The fraction of sp³-hybridized carbons (Fsp3) is 0.278. The maximum absolute atomic E-state index is 8.94. The van der Waals surface area contributed by atoms with Crippen LogP contribution < -0.4 is 9.64 Å². The van der Waals surface area contributed by atoms with Gasteiger partial charge in [0, 0.05) is 13.0 Å². The molecule has 1 N–H and O–H groups in total. The number of benzene rings is 1. The molecule has 1 aliphatic rings. The number of rotatable bonds is 6. The van der Waals surface area contributed by atoms with Crippen LogP contribution in [0.1, 0.15) is 5.69 Å². The van der Waals surface area contributed by atoms with E-state index in [4.69, 9.17) is 9.84 Å². The summed E-state index contributed by atoms with van der Waals surface area (Å²) in [5.41, 5.74) is 1.60. The highest BCUT2D eigenvalue weighted by Crippen LogP contribution is 2.23. The topological polar surface area (TPSA) is 76.3 Å². The fourth-order valence-electron chi connectivity index (χ4n) is 2.75. The Balaban J connectivity index is 1.35. The Labute approximate surface area is 145 Å². The van der Waals surface area contributed by atoms with Gasteiger partial charge in [-0.15, -0.1) is 5.10 Å². The summed E-state index contributed by atoms with van der Waals surface area (Å²) in [6.45, 7) is 1.72. The molecule has 25 heavy (non-hydrogen) atoms. The van der Waals surface area contributed by atoms with Crippen molar-refractivity contribution in [3.8, 4) is 11.4 Å². The third-order valence-corrected chi connectivity index (χ3v) is 4.12. The Kier molecular flexibility index (Phi) is 4.30. The van der Waals surface area contributed by atoms with Crippen LogP contribution in [0.3, 0.4) is 0 Å². The van der Waals surface area contributed by atoms with E-state index < -0.39 is 0 Å². The lowest BCUT2D eigenvalue weighted by atomic mass is 10.1. The van der Waals surface area contributed by atoms with Crippen LogP contribution in [0.5, 0.6) is 5.75 Å². The van der Waals surface area contributed by atoms with Crippen molar-refractivity contribution in [2.45, 2.75) is 12.5 Å². The molecule has 1 aromatic carbocycles. The Morgan fingerprint density at radius 2 is 1.96 bits per heavy atom. The second-order valence-electron chi connectivity index (χ2n) is 5.96. The van der Waals surface area contributed by atoms with Gasteiger partial charge in [-0.3, -0.25) is 0 Å². The van der Waals surface area contributed by atoms with Crippen LogP contribution in [-0.4, -0.2) is 50.9 Å². The van der Waals surface area contributed by atoms with Crippen LogP contribution in [0, 0.1) is 0 Å². The molecule has 3 heterocycles. The van der Waals surface area contributed by atoms with Crippen LogP contribution in [0.25, 0.3) is 5.69 Å². The number of nitrogens with zero attached hydrogens (tertiary/aromatic N) is 5. The first-order chi connectivity index (χ1) is 12.3. The van der Waals surface area contributed by atoms with E-state index in [1.807, 2.05) is 42.5 Å². The van der Waals surface area contributed by atoms with Crippen LogP contribution in [0.2, 0.25) is 0 Å². The van der Waals surface area contributed by atoms with Gasteiger partial charge < -0.3 is 14.7 Å². The van der Waals surface area contributed by atoms with Crippen molar-refractivity contribution in [2.75, 3.05) is 24.6 Å². The molecule has 1 saturated heterocycles. The van der Waals surface area contributed by atoms with E-state index in [0.717, 1.165) is 36.0 Å². The van der Waals surface area contributed by atoms with E-state index in [0.29, 0.717) is 6.42 Å². The van der Waals surface area contributed by atoms with Gasteiger partial charge in [0.2, 0.25) is 0 Å². The highest BCUT2D eigenvalue weighted by Gasteiger charge is 2.29. The predicted molar refractivity (Wildman–Crippen MR) is 93.0 cm³/mol. The number of aromatic nitrogens is 4. The molecular formula is C18H19N5O2. The molecule has 7 nitrogen and oxygen atoms in total. The molecule has 0 atom stereocenters. The molecule has 4 rings (SSSR count). The predicted octanol–water partition coefficient (Wildman–Crippen LogP) is 1.46. The second-order valence-corrected chi connectivity index (χ2v) is 5.96. The zero-order valence-corrected chi connectivity index (χ0v) is 13.7. The summed E-state index contributed by atoms with van der Waals surface area (Å²) in [4.78, 5) is 6.68. The van der Waals surface area contributed by atoms with E-state index in [1.165, 1.54) is 0 Å². The molecule has 0 saturated carbocycles. The van der Waals surface area contributed by atoms with Gasteiger partial charge >= 0.3 is 0 Å². The molecule has 128 valence electrons. The lowest BCUT2D eigenvalue weighted by Gasteiger charge is -2.39. The molecule has 2 aromatic heterocycles. The molecule has 0 aliphatic carbocycles. The Bertz CT molecular complexity index is 813. The van der Waals surface area contributed by atoms with Crippen LogP contribution in [0.15, 0.2) is 54.9 Å². The maximum atomic E-state index is 8.94. The van der Waals surface area contributed by atoms with Crippen molar-refractivity contribution in [1.29, 1.82) is 0 Å². The minimum atomic E-state index is 0.0665. The zero-order chi connectivity index (χ0) is 17.1. The second kappa shape index (κ2) is 6.90. The number of hydrogen-bond donors (Lipinski definition) is 1. The zero-order valence-electron chi connectivity index (χ0n) is 13.7. The number of pyridine rings is 1. The quantitative estimate of drug-likeness (QED) is 0.734. The maximum Gasteiger partial charge on any atom is 0.134 e. The average molecular weight is 337 g/mol. The number of hydrogen-bond acceptors (Lipinski definition) is 6. The summed E-state index contributed by atoms with van der Waals surface area (Å²) in [6.07, 6.45) is 4.28. The summed E-state index contributed by atoms with van der Waals surface area (Å²) >= 11 is 0. The molecule has 7 heteroatoms. The minimum absolute atomic E-state index is 0.0665. The first-order valence-electron chi connectivity index (χ1n) is 8.27.